The number of benzene rings is 2. The topological polar surface area (TPSA) is 125 Å². The van der Waals surface area contributed by atoms with Crippen molar-refractivity contribution in [1.82, 2.24) is 9.71 Å². The van der Waals surface area contributed by atoms with Gasteiger partial charge in [-0.25, -0.2) is 22.9 Å². The maximum atomic E-state index is 12.7. The van der Waals surface area contributed by atoms with Gasteiger partial charge < -0.3 is 10.4 Å². The first-order chi connectivity index (χ1) is 14.2. The third-order valence-electron chi connectivity index (χ3n) is 4.40. The highest BCUT2D eigenvalue weighted by atomic mass is 32.2. The summed E-state index contributed by atoms with van der Waals surface area (Å²) in [6.07, 6.45) is 2.67. The quantitative estimate of drug-likeness (QED) is 0.453. The van der Waals surface area contributed by atoms with E-state index in [1.54, 1.807) is 17.6 Å². The average molecular weight is 444 g/mol. The molecule has 1 atom stereocenters. The van der Waals surface area contributed by atoms with Crippen molar-refractivity contribution in [2.45, 2.75) is 4.90 Å². The van der Waals surface area contributed by atoms with Gasteiger partial charge in [0.25, 0.3) is 5.24 Å². The number of hydrogen-bond donors (Lipinski definition) is 4. The monoisotopic (exact) mass is 443 g/mol. The average Bonchev–Trinajstić information content (AvgIpc) is 3.13. The van der Waals surface area contributed by atoms with E-state index in [-0.39, 0.29) is 5.56 Å². The molecule has 154 valence electrons. The SMILES string of the molecule is CS(=O)(=O)NC(=O)[SH]1C=Cc2c(Nc3ccccc3)nc3cc(C(=O)O)ccc3c21. The maximum Gasteiger partial charge on any atom is 0.335 e. The molecule has 0 spiro atoms. The molecule has 0 radical (unpaired) electrons. The van der Waals surface area contributed by atoms with Crippen LogP contribution in [0.5, 0.6) is 0 Å². The summed E-state index contributed by atoms with van der Waals surface area (Å²) in [5.41, 5.74) is 1.90. The van der Waals surface area contributed by atoms with Crippen LogP contribution in [0.15, 0.2) is 58.8 Å². The number of carbonyl (C=O) groups excluding carboxylic acids is 1. The number of thiol groups is 1. The maximum absolute atomic E-state index is 12.7. The van der Waals surface area contributed by atoms with Crippen LogP contribution in [-0.2, 0) is 10.0 Å². The lowest BCUT2D eigenvalue weighted by molar-refractivity contribution is 0.0697. The van der Waals surface area contributed by atoms with Gasteiger partial charge in [0, 0.05) is 21.5 Å². The van der Waals surface area contributed by atoms with Gasteiger partial charge in [-0.05, 0) is 35.7 Å². The van der Waals surface area contributed by atoms with Crippen molar-refractivity contribution in [3.05, 3.63) is 65.1 Å². The molecule has 2 heterocycles. The molecular weight excluding hydrogens is 426 g/mol. The van der Waals surface area contributed by atoms with Gasteiger partial charge in [0.1, 0.15) is 5.82 Å². The fraction of sp³-hybridized carbons (Fsp3) is 0.0500. The second kappa shape index (κ2) is 7.47. The summed E-state index contributed by atoms with van der Waals surface area (Å²) in [6.45, 7) is 0. The molecular formula is C20H17N3O5S2. The lowest BCUT2D eigenvalue weighted by Crippen LogP contribution is -2.27. The highest BCUT2D eigenvalue weighted by Gasteiger charge is 2.28. The van der Waals surface area contributed by atoms with Gasteiger partial charge in [0.2, 0.25) is 10.0 Å². The zero-order chi connectivity index (χ0) is 21.5. The Kier molecular flexibility index (Phi) is 4.96. The van der Waals surface area contributed by atoms with Crippen molar-refractivity contribution in [3.8, 4) is 0 Å². The Morgan fingerprint density at radius 1 is 1.10 bits per heavy atom. The van der Waals surface area contributed by atoms with Crippen molar-refractivity contribution in [2.24, 2.45) is 0 Å². The number of fused-ring (bicyclic) bond motifs is 3. The number of sulfonamides is 1. The minimum Gasteiger partial charge on any atom is -0.478 e. The largest absolute Gasteiger partial charge is 0.478 e. The summed E-state index contributed by atoms with van der Waals surface area (Å²) >= 11 is 0. The molecule has 0 bridgehead atoms. The van der Waals surface area contributed by atoms with Crippen molar-refractivity contribution in [1.29, 1.82) is 0 Å². The third-order valence-corrected chi connectivity index (χ3v) is 7.07. The predicted octanol–water partition coefficient (Wildman–Crippen LogP) is 3.69. The van der Waals surface area contributed by atoms with E-state index >= 15 is 0 Å². The molecule has 30 heavy (non-hydrogen) atoms. The molecule has 1 unspecified atom stereocenters. The molecule has 2 aromatic carbocycles. The number of hydrogen-bond acceptors (Lipinski definition) is 6. The highest BCUT2D eigenvalue weighted by Crippen LogP contribution is 2.52. The molecule has 3 aromatic rings. The van der Waals surface area contributed by atoms with Gasteiger partial charge in [0.05, 0.1) is 17.3 Å². The molecule has 1 aliphatic rings. The number of rotatable bonds is 4. The van der Waals surface area contributed by atoms with Crippen LogP contribution in [0.4, 0.5) is 16.3 Å². The summed E-state index contributed by atoms with van der Waals surface area (Å²) < 4.78 is 25.2. The van der Waals surface area contributed by atoms with E-state index < -0.39 is 32.1 Å². The smallest absolute Gasteiger partial charge is 0.335 e. The van der Waals surface area contributed by atoms with Gasteiger partial charge in [-0.2, -0.15) is 0 Å². The van der Waals surface area contributed by atoms with Gasteiger partial charge in [0.15, 0.2) is 0 Å². The van der Waals surface area contributed by atoms with Crippen LogP contribution in [0.25, 0.3) is 17.0 Å². The lowest BCUT2D eigenvalue weighted by Gasteiger charge is -2.19. The summed E-state index contributed by atoms with van der Waals surface area (Å²) in [5.74, 6) is -0.633. The van der Waals surface area contributed by atoms with Crippen LogP contribution in [0.1, 0.15) is 15.9 Å². The van der Waals surface area contributed by atoms with Gasteiger partial charge in [-0.1, -0.05) is 24.3 Å². The van der Waals surface area contributed by atoms with Crippen LogP contribution in [0, 0.1) is 0 Å². The standard InChI is InChI=1S/C20H17N3O5S2/c1-30(27,28)23-20(26)29-10-9-15-17(29)14-8-7-12(19(24)25)11-16(14)22-18(15)21-13-5-3-2-4-6-13/h2-11,29H,1H3,(H,21,22)(H,23,26)(H,24,25). The molecule has 1 aliphatic heterocycles. The van der Waals surface area contributed by atoms with Crippen molar-refractivity contribution in [2.75, 3.05) is 11.6 Å². The number of carbonyl (C=O) groups is 2. The second-order valence-corrected chi connectivity index (χ2v) is 10.3. The molecule has 4 rings (SSSR count). The van der Waals surface area contributed by atoms with Crippen LogP contribution in [0.3, 0.4) is 0 Å². The number of para-hydroxylation sites is 1. The summed E-state index contributed by atoms with van der Waals surface area (Å²) in [7, 11) is -5.36. The number of amides is 1. The molecule has 0 fully saturated rings. The minimum atomic E-state index is -3.72. The fourth-order valence-corrected chi connectivity index (χ4v) is 6.05. The number of aromatic nitrogens is 1. The van der Waals surface area contributed by atoms with Crippen LogP contribution in [0.2, 0.25) is 0 Å². The molecule has 8 nitrogen and oxygen atoms in total. The first kappa shape index (κ1) is 19.9. The van der Waals surface area contributed by atoms with Crippen LogP contribution >= 0.6 is 10.9 Å². The second-order valence-electron chi connectivity index (χ2n) is 6.62. The van der Waals surface area contributed by atoms with Crippen molar-refractivity contribution >= 4 is 60.6 Å². The summed E-state index contributed by atoms with van der Waals surface area (Å²) in [6, 6.07) is 13.8. The normalized spacial score (nSPS) is 16.2. The number of pyridine rings is 1. The van der Waals surface area contributed by atoms with E-state index in [1.807, 2.05) is 35.1 Å². The summed E-state index contributed by atoms with van der Waals surface area (Å²) in [5, 5.41) is 14.2. The molecule has 0 saturated carbocycles. The van der Waals surface area contributed by atoms with E-state index in [9.17, 15) is 23.1 Å². The molecule has 3 N–H and O–H groups in total. The van der Waals surface area contributed by atoms with Gasteiger partial charge in [-0.15, -0.1) is 10.9 Å². The summed E-state index contributed by atoms with van der Waals surface area (Å²) in [4.78, 5) is 29.3. The number of carboxylic acid groups (broad SMARTS) is 1. The van der Waals surface area contributed by atoms with Gasteiger partial charge >= 0.3 is 5.97 Å². The number of nitrogens with one attached hydrogen (secondary N) is 2. The molecule has 0 aliphatic carbocycles. The van der Waals surface area contributed by atoms with E-state index in [0.717, 1.165) is 11.9 Å². The Hall–Kier alpha value is -3.37. The Labute approximate surface area is 175 Å². The minimum absolute atomic E-state index is 0.0662. The van der Waals surface area contributed by atoms with Crippen molar-refractivity contribution < 1.29 is 23.1 Å². The van der Waals surface area contributed by atoms with Gasteiger partial charge in [-0.3, -0.25) is 4.79 Å². The van der Waals surface area contributed by atoms with E-state index in [4.69, 9.17) is 0 Å². The highest BCUT2D eigenvalue weighted by molar-refractivity contribution is 8.33. The Morgan fingerprint density at radius 2 is 1.83 bits per heavy atom. The number of aromatic carboxylic acids is 1. The molecule has 0 saturated heterocycles. The number of nitrogens with zero attached hydrogens (tertiary/aromatic N) is 1. The van der Waals surface area contributed by atoms with Crippen molar-refractivity contribution in [3.63, 3.8) is 0 Å². The zero-order valence-corrected chi connectivity index (χ0v) is 17.4. The van der Waals surface area contributed by atoms with E-state index in [1.165, 1.54) is 12.1 Å². The predicted molar refractivity (Wildman–Crippen MR) is 118 cm³/mol. The van der Waals surface area contributed by atoms with E-state index in [0.29, 0.717) is 27.2 Å². The molecule has 10 heteroatoms. The van der Waals surface area contributed by atoms with E-state index in [2.05, 4.69) is 10.3 Å². The van der Waals surface area contributed by atoms with Crippen LogP contribution in [-0.4, -0.2) is 36.0 Å². The zero-order valence-electron chi connectivity index (χ0n) is 15.7. The lowest BCUT2D eigenvalue weighted by atomic mass is 10.1. The first-order valence-electron chi connectivity index (χ1n) is 8.75. The van der Waals surface area contributed by atoms with Crippen LogP contribution < -0.4 is 10.0 Å². The Balaban J connectivity index is 1.90. The Morgan fingerprint density at radius 3 is 2.50 bits per heavy atom. The Bertz CT molecular complexity index is 1320. The molecule has 1 aromatic heterocycles. The molecule has 1 amide bonds. The first-order valence-corrected chi connectivity index (χ1v) is 12.1. The number of carboxylic acids is 1. The third kappa shape index (κ3) is 3.87. The fourth-order valence-electron chi connectivity index (χ4n) is 3.17. The number of anilines is 2.